The van der Waals surface area contributed by atoms with Gasteiger partial charge < -0.3 is 10.8 Å². The van der Waals surface area contributed by atoms with Crippen molar-refractivity contribution in [1.29, 1.82) is 0 Å². The lowest BCUT2D eigenvalue weighted by atomic mass is 9.78. The lowest BCUT2D eigenvalue weighted by Gasteiger charge is -2.27. The third kappa shape index (κ3) is 4.70. The molecule has 0 atom stereocenters. The Morgan fingerprint density at radius 3 is 1.90 bits per heavy atom. The largest absolute Gasteiger partial charge is 0.507 e. The molecule has 0 spiro atoms. The van der Waals surface area contributed by atoms with Gasteiger partial charge in [-0.3, -0.25) is 5.43 Å². The molecule has 116 valence electrons. The molecule has 5 heteroatoms. The highest BCUT2D eigenvalue weighted by Crippen LogP contribution is 2.39. The van der Waals surface area contributed by atoms with Crippen molar-refractivity contribution in [1.82, 2.24) is 5.43 Å². The van der Waals surface area contributed by atoms with Crippen molar-refractivity contribution in [3.8, 4) is 5.75 Å². The van der Waals surface area contributed by atoms with Gasteiger partial charge in [-0.05, 0) is 40.7 Å². The zero-order chi connectivity index (χ0) is 16.4. The van der Waals surface area contributed by atoms with Crippen LogP contribution in [0.2, 0.25) is 0 Å². The van der Waals surface area contributed by atoms with Crippen LogP contribution in [0.4, 0.5) is 0 Å². The van der Waals surface area contributed by atoms with Gasteiger partial charge in [-0.15, -0.1) is 0 Å². The molecular formula is C16H25N3OS. The fraction of sp³-hybridized carbons (Fsp3) is 0.500. The third-order valence-electron chi connectivity index (χ3n) is 3.14. The van der Waals surface area contributed by atoms with Crippen molar-refractivity contribution in [3.63, 3.8) is 0 Å². The highest BCUT2D eigenvalue weighted by atomic mass is 32.1. The molecular weight excluding hydrogens is 282 g/mol. The molecule has 21 heavy (non-hydrogen) atoms. The monoisotopic (exact) mass is 307 g/mol. The van der Waals surface area contributed by atoms with Gasteiger partial charge in [-0.25, -0.2) is 0 Å². The molecule has 1 aromatic rings. The molecule has 0 amide bonds. The average molecular weight is 307 g/mol. The second kappa shape index (κ2) is 6.02. The van der Waals surface area contributed by atoms with Gasteiger partial charge in [0.05, 0.1) is 6.21 Å². The van der Waals surface area contributed by atoms with Gasteiger partial charge in [0.1, 0.15) is 5.75 Å². The summed E-state index contributed by atoms with van der Waals surface area (Å²) in [5.41, 5.74) is 10.2. The van der Waals surface area contributed by atoms with E-state index in [1.807, 2.05) is 12.1 Å². The minimum absolute atomic E-state index is 0.122. The first-order valence-corrected chi connectivity index (χ1v) is 7.30. The lowest BCUT2D eigenvalue weighted by molar-refractivity contribution is 0.423. The number of phenols is 1. The molecule has 1 rings (SSSR count). The molecule has 0 saturated carbocycles. The Balaban J connectivity index is 3.41. The van der Waals surface area contributed by atoms with E-state index < -0.39 is 0 Å². The van der Waals surface area contributed by atoms with Gasteiger partial charge in [-0.1, -0.05) is 41.5 Å². The number of phenolic OH excluding ortho intramolecular Hbond substituents is 1. The van der Waals surface area contributed by atoms with Gasteiger partial charge >= 0.3 is 0 Å². The molecule has 0 aliphatic rings. The molecule has 0 saturated heterocycles. The van der Waals surface area contributed by atoms with E-state index in [0.29, 0.717) is 5.75 Å². The van der Waals surface area contributed by atoms with Crippen LogP contribution >= 0.6 is 12.2 Å². The Kier molecular flexibility index (Phi) is 4.99. The number of nitrogens with two attached hydrogens (primary N) is 1. The molecule has 0 radical (unpaired) electrons. The second-order valence-electron chi connectivity index (χ2n) is 7.20. The number of nitrogens with zero attached hydrogens (tertiary/aromatic N) is 1. The Morgan fingerprint density at radius 1 is 1.14 bits per heavy atom. The number of hydrogen-bond donors (Lipinski definition) is 3. The van der Waals surface area contributed by atoms with Crippen LogP contribution in [0.1, 0.15) is 58.2 Å². The minimum atomic E-state index is -0.162. The van der Waals surface area contributed by atoms with Crippen LogP contribution in [0, 0.1) is 0 Å². The Bertz CT molecular complexity index is 531. The number of rotatable bonds is 2. The molecule has 0 aliphatic carbocycles. The van der Waals surface area contributed by atoms with Crippen molar-refractivity contribution < 1.29 is 5.11 Å². The lowest BCUT2D eigenvalue weighted by Crippen LogP contribution is -2.24. The topological polar surface area (TPSA) is 70.6 Å². The van der Waals surface area contributed by atoms with Crippen LogP contribution in [-0.2, 0) is 10.8 Å². The molecule has 0 aromatic heterocycles. The number of benzene rings is 1. The smallest absolute Gasteiger partial charge is 0.184 e. The number of hydrazone groups is 1. The average Bonchev–Trinajstić information content (AvgIpc) is 2.27. The van der Waals surface area contributed by atoms with Gasteiger partial charge in [0, 0.05) is 11.1 Å². The van der Waals surface area contributed by atoms with Gasteiger partial charge in [-0.2, -0.15) is 5.10 Å². The summed E-state index contributed by atoms with van der Waals surface area (Å²) in [5, 5.41) is 14.7. The SMILES string of the molecule is CC(C)(C)c1cc(/C=N/NC(N)=S)cc(C(C)(C)C)c1O. The summed E-state index contributed by atoms with van der Waals surface area (Å²) < 4.78 is 0. The Hall–Kier alpha value is -1.62. The standard InChI is InChI=1S/C16H25N3OS/c1-15(2,3)11-7-10(9-18-19-14(17)21)8-12(13(11)20)16(4,5)6/h7-9,20H,1-6H3,(H3,17,19,21)/b18-9+. The molecule has 0 bridgehead atoms. The van der Waals surface area contributed by atoms with E-state index in [1.165, 1.54) is 0 Å². The first-order valence-electron chi connectivity index (χ1n) is 6.89. The van der Waals surface area contributed by atoms with E-state index >= 15 is 0 Å². The van der Waals surface area contributed by atoms with Crippen molar-refractivity contribution in [2.45, 2.75) is 52.4 Å². The normalized spacial score (nSPS) is 12.7. The van der Waals surface area contributed by atoms with E-state index in [-0.39, 0.29) is 15.9 Å². The van der Waals surface area contributed by atoms with Crippen LogP contribution in [0.15, 0.2) is 17.2 Å². The maximum absolute atomic E-state index is 10.6. The molecule has 4 N–H and O–H groups in total. The number of aromatic hydroxyl groups is 1. The highest BCUT2D eigenvalue weighted by Gasteiger charge is 2.26. The van der Waals surface area contributed by atoms with Crippen molar-refractivity contribution in [3.05, 3.63) is 28.8 Å². The maximum Gasteiger partial charge on any atom is 0.184 e. The van der Waals surface area contributed by atoms with E-state index in [0.717, 1.165) is 16.7 Å². The summed E-state index contributed by atoms with van der Waals surface area (Å²) in [6.07, 6.45) is 1.66. The predicted molar refractivity (Wildman–Crippen MR) is 93.0 cm³/mol. The van der Waals surface area contributed by atoms with Crippen molar-refractivity contribution >= 4 is 23.5 Å². The summed E-state index contributed by atoms with van der Waals surface area (Å²) in [5.74, 6) is 0.356. The molecule has 1 aromatic carbocycles. The summed E-state index contributed by atoms with van der Waals surface area (Å²) in [4.78, 5) is 0. The third-order valence-corrected chi connectivity index (χ3v) is 3.23. The molecule has 0 aliphatic heterocycles. The Labute approximate surface area is 132 Å². The summed E-state index contributed by atoms with van der Waals surface area (Å²) in [6.45, 7) is 12.4. The number of hydrogen-bond acceptors (Lipinski definition) is 3. The maximum atomic E-state index is 10.6. The fourth-order valence-corrected chi connectivity index (χ4v) is 2.10. The zero-order valence-electron chi connectivity index (χ0n) is 13.6. The van der Waals surface area contributed by atoms with E-state index in [2.05, 4.69) is 52.1 Å². The summed E-state index contributed by atoms with van der Waals surface area (Å²) in [6, 6.07) is 3.88. The van der Waals surface area contributed by atoms with E-state index in [1.54, 1.807) is 6.21 Å². The molecule has 0 unspecified atom stereocenters. The van der Waals surface area contributed by atoms with Gasteiger partial charge in [0.2, 0.25) is 0 Å². The van der Waals surface area contributed by atoms with Crippen LogP contribution < -0.4 is 11.2 Å². The summed E-state index contributed by atoms with van der Waals surface area (Å²) in [7, 11) is 0. The van der Waals surface area contributed by atoms with Gasteiger partial charge in [0.15, 0.2) is 5.11 Å². The number of nitrogens with one attached hydrogen (secondary N) is 1. The summed E-state index contributed by atoms with van der Waals surface area (Å²) >= 11 is 4.71. The van der Waals surface area contributed by atoms with Crippen LogP contribution in [0.25, 0.3) is 0 Å². The van der Waals surface area contributed by atoms with Gasteiger partial charge in [0.25, 0.3) is 0 Å². The highest BCUT2D eigenvalue weighted by molar-refractivity contribution is 7.80. The molecule has 4 nitrogen and oxygen atoms in total. The molecule has 0 fully saturated rings. The van der Waals surface area contributed by atoms with Crippen LogP contribution in [0.5, 0.6) is 5.75 Å². The van der Waals surface area contributed by atoms with E-state index in [9.17, 15) is 5.11 Å². The van der Waals surface area contributed by atoms with Crippen molar-refractivity contribution in [2.24, 2.45) is 10.8 Å². The second-order valence-corrected chi connectivity index (χ2v) is 7.64. The first kappa shape index (κ1) is 17.4. The fourth-order valence-electron chi connectivity index (χ4n) is 2.05. The first-order chi connectivity index (χ1) is 9.43. The van der Waals surface area contributed by atoms with Crippen molar-refractivity contribution in [2.75, 3.05) is 0 Å². The zero-order valence-corrected chi connectivity index (χ0v) is 14.4. The number of thiocarbonyl (C=S) groups is 1. The van der Waals surface area contributed by atoms with E-state index in [4.69, 9.17) is 18.0 Å². The van der Waals surface area contributed by atoms with Crippen LogP contribution in [-0.4, -0.2) is 16.4 Å². The minimum Gasteiger partial charge on any atom is -0.507 e. The molecule has 0 heterocycles. The predicted octanol–water partition coefficient (Wildman–Crippen LogP) is 3.15. The van der Waals surface area contributed by atoms with Crippen LogP contribution in [0.3, 0.4) is 0 Å². The Morgan fingerprint density at radius 2 is 1.57 bits per heavy atom. The quantitative estimate of drug-likeness (QED) is 0.446.